The van der Waals surface area contributed by atoms with E-state index in [1.54, 1.807) is 0 Å². The van der Waals surface area contributed by atoms with Gasteiger partial charge in [-0.1, -0.05) is 30.3 Å². The molecule has 2 nitrogen and oxygen atoms in total. The van der Waals surface area contributed by atoms with Crippen molar-refractivity contribution in [3.8, 4) is 0 Å². The van der Waals surface area contributed by atoms with Gasteiger partial charge in [0.25, 0.3) is 0 Å². The predicted molar refractivity (Wildman–Crippen MR) is 51.9 cm³/mol. The number of rotatable bonds is 4. The van der Waals surface area contributed by atoms with Crippen molar-refractivity contribution in [1.29, 1.82) is 0 Å². The lowest BCUT2D eigenvalue weighted by Gasteiger charge is -2.13. The third-order valence-corrected chi connectivity index (χ3v) is 2.07. The van der Waals surface area contributed by atoms with Gasteiger partial charge in [-0.15, -0.1) is 0 Å². The smallest absolute Gasteiger partial charge is 0.000776 e. The van der Waals surface area contributed by atoms with Crippen LogP contribution >= 0.6 is 0 Å². The first-order chi connectivity index (χ1) is 5.88. The average Bonchev–Trinajstić information content (AvgIpc) is 2.15. The van der Waals surface area contributed by atoms with Crippen LogP contribution in [0.1, 0.15) is 17.9 Å². The van der Waals surface area contributed by atoms with E-state index in [2.05, 4.69) is 12.1 Å². The third-order valence-electron chi connectivity index (χ3n) is 2.07. The first kappa shape index (κ1) is 9.23. The van der Waals surface area contributed by atoms with Crippen molar-refractivity contribution in [3.63, 3.8) is 0 Å². The largest absolute Gasteiger partial charge is 0.330 e. The van der Waals surface area contributed by atoms with E-state index in [0.717, 1.165) is 6.42 Å². The fraction of sp³-hybridized carbons (Fsp3) is 0.400. The molecule has 4 N–H and O–H groups in total. The molecule has 0 heterocycles. The monoisotopic (exact) mass is 164 g/mol. The number of benzene rings is 1. The summed E-state index contributed by atoms with van der Waals surface area (Å²) in [6.45, 7) is 1.39. The van der Waals surface area contributed by atoms with Crippen molar-refractivity contribution in [3.05, 3.63) is 35.9 Å². The van der Waals surface area contributed by atoms with Crippen molar-refractivity contribution >= 4 is 0 Å². The van der Waals surface area contributed by atoms with Gasteiger partial charge in [-0.25, -0.2) is 0 Å². The van der Waals surface area contributed by atoms with Gasteiger partial charge in [0.15, 0.2) is 0 Å². The molecule has 0 aliphatic heterocycles. The Morgan fingerprint density at radius 1 is 1.08 bits per heavy atom. The molecule has 1 rings (SSSR count). The van der Waals surface area contributed by atoms with E-state index >= 15 is 0 Å². The fourth-order valence-corrected chi connectivity index (χ4v) is 1.35. The summed E-state index contributed by atoms with van der Waals surface area (Å²) in [7, 11) is 0. The standard InChI is InChI=1S/C10H16N2/c11-7-6-10(8-12)9-4-2-1-3-5-9/h1-5,10H,6-8,11-12H2. The minimum atomic E-state index is 0.427. The maximum Gasteiger partial charge on any atom is -0.000776 e. The number of hydrogen-bond acceptors (Lipinski definition) is 2. The van der Waals surface area contributed by atoms with Crippen LogP contribution in [0.2, 0.25) is 0 Å². The zero-order chi connectivity index (χ0) is 8.81. The molecule has 0 radical (unpaired) electrons. The molecule has 1 atom stereocenters. The lowest BCUT2D eigenvalue weighted by Crippen LogP contribution is -2.16. The number of nitrogens with two attached hydrogens (primary N) is 2. The lowest BCUT2D eigenvalue weighted by atomic mass is 9.96. The molecule has 0 spiro atoms. The van der Waals surface area contributed by atoms with Crippen LogP contribution in [0, 0.1) is 0 Å². The van der Waals surface area contributed by atoms with E-state index in [1.807, 2.05) is 18.2 Å². The Balaban J connectivity index is 2.66. The van der Waals surface area contributed by atoms with E-state index in [9.17, 15) is 0 Å². The van der Waals surface area contributed by atoms with Crippen molar-refractivity contribution in [2.45, 2.75) is 12.3 Å². The Hall–Kier alpha value is -0.860. The Morgan fingerprint density at radius 3 is 2.25 bits per heavy atom. The fourth-order valence-electron chi connectivity index (χ4n) is 1.35. The molecule has 66 valence electrons. The van der Waals surface area contributed by atoms with Gasteiger partial charge >= 0.3 is 0 Å². The van der Waals surface area contributed by atoms with Crippen LogP contribution in [0.3, 0.4) is 0 Å². The summed E-state index contributed by atoms with van der Waals surface area (Å²) in [5.41, 5.74) is 12.4. The summed E-state index contributed by atoms with van der Waals surface area (Å²) in [6, 6.07) is 10.3. The van der Waals surface area contributed by atoms with Crippen molar-refractivity contribution in [1.82, 2.24) is 0 Å². The molecule has 1 aromatic rings. The normalized spacial score (nSPS) is 12.8. The molecule has 1 unspecified atom stereocenters. The third kappa shape index (κ3) is 2.32. The second kappa shape index (κ2) is 4.91. The highest BCUT2D eigenvalue weighted by Crippen LogP contribution is 2.16. The molecule has 2 heteroatoms. The lowest BCUT2D eigenvalue weighted by molar-refractivity contribution is 0.643. The topological polar surface area (TPSA) is 52.0 Å². The van der Waals surface area contributed by atoms with Crippen molar-refractivity contribution in [2.75, 3.05) is 13.1 Å². The maximum absolute atomic E-state index is 5.64. The second-order valence-electron chi connectivity index (χ2n) is 2.92. The molecule has 0 fully saturated rings. The molecule has 0 amide bonds. The van der Waals surface area contributed by atoms with Gasteiger partial charge in [-0.3, -0.25) is 0 Å². The van der Waals surface area contributed by atoms with E-state index in [-0.39, 0.29) is 0 Å². The highest BCUT2D eigenvalue weighted by Gasteiger charge is 2.06. The highest BCUT2D eigenvalue weighted by molar-refractivity contribution is 5.19. The van der Waals surface area contributed by atoms with Crippen LogP contribution in [0.25, 0.3) is 0 Å². The van der Waals surface area contributed by atoms with Crippen LogP contribution in [-0.2, 0) is 0 Å². The van der Waals surface area contributed by atoms with Crippen LogP contribution in [0.4, 0.5) is 0 Å². The minimum Gasteiger partial charge on any atom is -0.330 e. The van der Waals surface area contributed by atoms with Crippen molar-refractivity contribution in [2.24, 2.45) is 11.5 Å². The summed E-state index contributed by atoms with van der Waals surface area (Å²) >= 11 is 0. The number of hydrogen-bond donors (Lipinski definition) is 2. The average molecular weight is 164 g/mol. The molecule has 12 heavy (non-hydrogen) atoms. The summed E-state index contributed by atoms with van der Waals surface area (Å²) in [6.07, 6.45) is 0.973. The predicted octanol–water partition coefficient (Wildman–Crippen LogP) is 1.08. The summed E-state index contributed by atoms with van der Waals surface area (Å²) < 4.78 is 0. The van der Waals surface area contributed by atoms with Gasteiger partial charge in [-0.05, 0) is 31.0 Å². The van der Waals surface area contributed by atoms with Gasteiger partial charge < -0.3 is 11.5 Å². The Bertz CT molecular complexity index is 208. The molecule has 1 aromatic carbocycles. The zero-order valence-corrected chi connectivity index (χ0v) is 7.24. The van der Waals surface area contributed by atoms with Crippen LogP contribution in [-0.4, -0.2) is 13.1 Å². The van der Waals surface area contributed by atoms with Crippen LogP contribution in [0.5, 0.6) is 0 Å². The zero-order valence-electron chi connectivity index (χ0n) is 7.24. The molecule has 0 aliphatic rings. The van der Waals surface area contributed by atoms with E-state index < -0.39 is 0 Å². The SMILES string of the molecule is NCCC(CN)c1ccccc1. The Morgan fingerprint density at radius 2 is 1.75 bits per heavy atom. The van der Waals surface area contributed by atoms with Gasteiger partial charge in [0.1, 0.15) is 0 Å². The van der Waals surface area contributed by atoms with Gasteiger partial charge in [0.2, 0.25) is 0 Å². The highest BCUT2D eigenvalue weighted by atomic mass is 14.6. The summed E-state index contributed by atoms with van der Waals surface area (Å²) in [5.74, 6) is 0.427. The second-order valence-corrected chi connectivity index (χ2v) is 2.92. The Kier molecular flexibility index (Phi) is 3.77. The molecule has 0 bridgehead atoms. The first-order valence-electron chi connectivity index (χ1n) is 4.33. The van der Waals surface area contributed by atoms with Crippen LogP contribution < -0.4 is 11.5 Å². The molecule has 0 aliphatic carbocycles. The Labute approximate surface area is 73.6 Å². The van der Waals surface area contributed by atoms with Gasteiger partial charge in [0.05, 0.1) is 0 Å². The molecule has 0 saturated heterocycles. The van der Waals surface area contributed by atoms with Crippen LogP contribution in [0.15, 0.2) is 30.3 Å². The maximum atomic E-state index is 5.64. The molecular weight excluding hydrogens is 148 g/mol. The quantitative estimate of drug-likeness (QED) is 0.699. The van der Waals surface area contributed by atoms with E-state index in [1.165, 1.54) is 5.56 Å². The first-order valence-corrected chi connectivity index (χ1v) is 4.33. The summed E-state index contributed by atoms with van der Waals surface area (Å²) in [4.78, 5) is 0. The van der Waals surface area contributed by atoms with Gasteiger partial charge in [0, 0.05) is 0 Å². The van der Waals surface area contributed by atoms with E-state index in [4.69, 9.17) is 11.5 Å². The summed E-state index contributed by atoms with van der Waals surface area (Å²) in [5, 5.41) is 0. The van der Waals surface area contributed by atoms with Crippen molar-refractivity contribution < 1.29 is 0 Å². The molecule has 0 saturated carbocycles. The molecule has 0 aromatic heterocycles. The van der Waals surface area contributed by atoms with Gasteiger partial charge in [-0.2, -0.15) is 0 Å². The minimum absolute atomic E-state index is 0.427. The molecular formula is C10H16N2. The van der Waals surface area contributed by atoms with E-state index in [0.29, 0.717) is 19.0 Å².